The second-order valence-electron chi connectivity index (χ2n) is 5.40. The molecule has 1 aromatic rings. The Morgan fingerprint density at radius 3 is 2.90 bits per heavy atom. The Hall–Kier alpha value is -1.81. The third-order valence-corrected chi connectivity index (χ3v) is 3.95. The van der Waals surface area contributed by atoms with Crippen LogP contribution in [-0.2, 0) is 0 Å². The van der Waals surface area contributed by atoms with Gasteiger partial charge in [-0.3, -0.25) is 4.79 Å². The largest absolute Gasteiger partial charge is 0.489 e. The number of benzene rings is 1. The molecule has 1 saturated carbocycles. The standard InChI is InChI=1S/C17H23NO3/c1-2-11-21-16-10-6-4-8-14(16)17(20)18-15-9-5-3-7-13(15)12-19/h2,4,6,8,10,13,15,19H,1,3,5,7,9,11-12H2,(H,18,20). The number of nitrogens with one attached hydrogen (secondary N) is 1. The van der Waals surface area contributed by atoms with E-state index in [2.05, 4.69) is 11.9 Å². The number of ether oxygens (including phenoxy) is 1. The van der Waals surface area contributed by atoms with E-state index in [9.17, 15) is 9.90 Å². The Bertz CT molecular complexity index is 487. The summed E-state index contributed by atoms with van der Waals surface area (Å²) in [6.45, 7) is 4.10. The van der Waals surface area contributed by atoms with E-state index in [1.807, 2.05) is 12.1 Å². The first-order chi connectivity index (χ1) is 10.3. The number of aliphatic hydroxyl groups excluding tert-OH is 1. The van der Waals surface area contributed by atoms with Crippen molar-refractivity contribution in [2.45, 2.75) is 31.7 Å². The van der Waals surface area contributed by atoms with Crippen molar-refractivity contribution in [2.24, 2.45) is 5.92 Å². The molecule has 1 aromatic carbocycles. The summed E-state index contributed by atoms with van der Waals surface area (Å²) in [6, 6.07) is 7.24. The lowest BCUT2D eigenvalue weighted by atomic mass is 9.85. The lowest BCUT2D eigenvalue weighted by Crippen LogP contribution is -2.43. The number of hydrogen-bond donors (Lipinski definition) is 2. The Balaban J connectivity index is 2.07. The van der Waals surface area contributed by atoms with Crippen LogP contribution >= 0.6 is 0 Å². The molecule has 0 bridgehead atoms. The normalized spacial score (nSPS) is 21.6. The molecular formula is C17H23NO3. The van der Waals surface area contributed by atoms with E-state index in [4.69, 9.17) is 4.74 Å². The maximum absolute atomic E-state index is 12.5. The van der Waals surface area contributed by atoms with Gasteiger partial charge in [-0.2, -0.15) is 0 Å². The minimum atomic E-state index is -0.139. The second-order valence-corrected chi connectivity index (χ2v) is 5.40. The van der Waals surface area contributed by atoms with Crippen molar-refractivity contribution < 1.29 is 14.6 Å². The molecule has 0 radical (unpaired) electrons. The Labute approximate surface area is 125 Å². The maximum Gasteiger partial charge on any atom is 0.255 e. The second kappa shape index (κ2) is 7.84. The number of carbonyl (C=O) groups excluding carboxylic acids is 1. The number of amides is 1. The molecule has 1 aliphatic carbocycles. The van der Waals surface area contributed by atoms with Gasteiger partial charge >= 0.3 is 0 Å². The van der Waals surface area contributed by atoms with Gasteiger partial charge < -0.3 is 15.2 Å². The van der Waals surface area contributed by atoms with Crippen molar-refractivity contribution in [2.75, 3.05) is 13.2 Å². The van der Waals surface area contributed by atoms with Gasteiger partial charge in [-0.25, -0.2) is 0 Å². The van der Waals surface area contributed by atoms with Crippen LogP contribution in [0.4, 0.5) is 0 Å². The quantitative estimate of drug-likeness (QED) is 0.791. The molecule has 0 aliphatic heterocycles. The van der Waals surface area contributed by atoms with Gasteiger partial charge in [0.15, 0.2) is 0 Å². The van der Waals surface area contributed by atoms with E-state index < -0.39 is 0 Å². The number of carbonyl (C=O) groups is 1. The first-order valence-electron chi connectivity index (χ1n) is 7.50. The van der Waals surface area contributed by atoms with Crippen molar-refractivity contribution in [3.8, 4) is 5.75 Å². The van der Waals surface area contributed by atoms with Crippen LogP contribution in [0.25, 0.3) is 0 Å². The lowest BCUT2D eigenvalue weighted by Gasteiger charge is -2.31. The molecule has 2 N–H and O–H groups in total. The van der Waals surface area contributed by atoms with E-state index in [1.54, 1.807) is 18.2 Å². The molecule has 0 spiro atoms. The van der Waals surface area contributed by atoms with E-state index >= 15 is 0 Å². The number of aliphatic hydroxyl groups is 1. The van der Waals surface area contributed by atoms with Crippen LogP contribution in [0.15, 0.2) is 36.9 Å². The molecule has 0 aromatic heterocycles. The summed E-state index contributed by atoms with van der Waals surface area (Å²) in [4.78, 5) is 12.5. The van der Waals surface area contributed by atoms with E-state index in [0.717, 1.165) is 25.7 Å². The highest BCUT2D eigenvalue weighted by molar-refractivity contribution is 5.97. The third kappa shape index (κ3) is 4.08. The Kier molecular flexibility index (Phi) is 5.81. The van der Waals surface area contributed by atoms with Crippen molar-refractivity contribution in [1.29, 1.82) is 0 Å². The molecule has 1 aliphatic rings. The van der Waals surface area contributed by atoms with Crippen LogP contribution < -0.4 is 10.1 Å². The van der Waals surface area contributed by atoms with Crippen LogP contribution in [0.3, 0.4) is 0 Å². The monoisotopic (exact) mass is 289 g/mol. The van der Waals surface area contributed by atoms with Crippen LogP contribution in [0.2, 0.25) is 0 Å². The number of para-hydroxylation sites is 1. The highest BCUT2D eigenvalue weighted by atomic mass is 16.5. The fourth-order valence-electron chi connectivity index (χ4n) is 2.79. The average molecular weight is 289 g/mol. The van der Waals surface area contributed by atoms with Crippen LogP contribution in [-0.4, -0.2) is 30.3 Å². The number of hydrogen-bond acceptors (Lipinski definition) is 3. The Morgan fingerprint density at radius 2 is 2.14 bits per heavy atom. The van der Waals surface area contributed by atoms with Crippen molar-refractivity contribution in [3.05, 3.63) is 42.5 Å². The first kappa shape index (κ1) is 15.6. The van der Waals surface area contributed by atoms with Gasteiger partial charge in [0.2, 0.25) is 0 Å². The summed E-state index contributed by atoms with van der Waals surface area (Å²) in [5, 5.41) is 12.5. The molecule has 114 valence electrons. The fourth-order valence-corrected chi connectivity index (χ4v) is 2.79. The zero-order chi connectivity index (χ0) is 15.1. The van der Waals surface area contributed by atoms with E-state index in [-0.39, 0.29) is 24.5 Å². The summed E-state index contributed by atoms with van der Waals surface area (Å²) < 4.78 is 5.52. The molecule has 0 saturated heterocycles. The van der Waals surface area contributed by atoms with Gasteiger partial charge in [-0.05, 0) is 25.0 Å². The molecule has 1 amide bonds. The molecular weight excluding hydrogens is 266 g/mol. The predicted molar refractivity (Wildman–Crippen MR) is 82.4 cm³/mol. The predicted octanol–water partition coefficient (Wildman–Crippen LogP) is 2.53. The Morgan fingerprint density at radius 1 is 1.38 bits per heavy atom. The summed E-state index contributed by atoms with van der Waals surface area (Å²) in [6.07, 6.45) is 5.76. The van der Waals surface area contributed by atoms with Gasteiger partial charge in [-0.1, -0.05) is 37.6 Å². The molecule has 2 atom stereocenters. The van der Waals surface area contributed by atoms with Crippen LogP contribution in [0.5, 0.6) is 5.75 Å². The zero-order valence-electron chi connectivity index (χ0n) is 12.3. The molecule has 2 rings (SSSR count). The highest BCUT2D eigenvalue weighted by Gasteiger charge is 2.26. The molecule has 1 fully saturated rings. The lowest BCUT2D eigenvalue weighted by molar-refractivity contribution is 0.0869. The summed E-state index contributed by atoms with van der Waals surface area (Å²) >= 11 is 0. The molecule has 0 heterocycles. The third-order valence-electron chi connectivity index (χ3n) is 3.95. The summed E-state index contributed by atoms with van der Waals surface area (Å²) in [5.74, 6) is 0.579. The minimum absolute atomic E-state index is 0.0451. The van der Waals surface area contributed by atoms with Gasteiger partial charge in [0.25, 0.3) is 5.91 Å². The topological polar surface area (TPSA) is 58.6 Å². The minimum Gasteiger partial charge on any atom is -0.489 e. The van der Waals surface area contributed by atoms with Crippen LogP contribution in [0.1, 0.15) is 36.0 Å². The van der Waals surface area contributed by atoms with E-state index in [0.29, 0.717) is 17.9 Å². The molecule has 2 unspecified atom stereocenters. The van der Waals surface area contributed by atoms with Gasteiger partial charge in [-0.15, -0.1) is 0 Å². The first-order valence-corrected chi connectivity index (χ1v) is 7.50. The molecule has 4 nitrogen and oxygen atoms in total. The van der Waals surface area contributed by atoms with Crippen molar-refractivity contribution >= 4 is 5.91 Å². The SMILES string of the molecule is C=CCOc1ccccc1C(=O)NC1CCCCC1CO. The van der Waals surface area contributed by atoms with Gasteiger partial charge in [0, 0.05) is 18.6 Å². The van der Waals surface area contributed by atoms with E-state index in [1.165, 1.54) is 0 Å². The van der Waals surface area contributed by atoms with Gasteiger partial charge in [0.05, 0.1) is 5.56 Å². The summed E-state index contributed by atoms with van der Waals surface area (Å²) in [5.41, 5.74) is 0.529. The highest BCUT2D eigenvalue weighted by Crippen LogP contribution is 2.25. The van der Waals surface area contributed by atoms with Crippen molar-refractivity contribution in [3.63, 3.8) is 0 Å². The fraction of sp³-hybridized carbons (Fsp3) is 0.471. The van der Waals surface area contributed by atoms with Gasteiger partial charge in [0.1, 0.15) is 12.4 Å². The zero-order valence-corrected chi connectivity index (χ0v) is 12.3. The van der Waals surface area contributed by atoms with Crippen LogP contribution in [0, 0.1) is 5.92 Å². The molecule has 4 heteroatoms. The number of rotatable bonds is 6. The van der Waals surface area contributed by atoms with Crippen molar-refractivity contribution in [1.82, 2.24) is 5.32 Å². The average Bonchev–Trinajstić information content (AvgIpc) is 2.53. The smallest absolute Gasteiger partial charge is 0.255 e. The summed E-state index contributed by atoms with van der Waals surface area (Å²) in [7, 11) is 0. The molecule has 21 heavy (non-hydrogen) atoms. The maximum atomic E-state index is 12.5.